The fourth-order valence-corrected chi connectivity index (χ4v) is 3.96. The summed E-state index contributed by atoms with van der Waals surface area (Å²) in [4.78, 5) is 39.0. The maximum absolute atomic E-state index is 13.2. The molecular formula is C26H18BrNO5. The predicted molar refractivity (Wildman–Crippen MR) is 128 cm³/mol. The summed E-state index contributed by atoms with van der Waals surface area (Å²) >= 11 is 3.37. The predicted octanol–water partition coefficient (Wildman–Crippen LogP) is 5.33. The highest BCUT2D eigenvalue weighted by Gasteiger charge is 2.43. The molecule has 2 N–H and O–H groups in total. The highest BCUT2D eigenvalue weighted by molar-refractivity contribution is 9.10. The molecule has 1 aliphatic rings. The van der Waals surface area contributed by atoms with Crippen molar-refractivity contribution in [2.75, 3.05) is 4.90 Å². The fourth-order valence-electron chi connectivity index (χ4n) is 3.70. The lowest BCUT2D eigenvalue weighted by molar-refractivity contribution is -0.117. The second-order valence-electron chi connectivity index (χ2n) is 7.36. The topological polar surface area (TPSA) is 94.9 Å². The monoisotopic (exact) mass is 503 g/mol. The zero-order chi connectivity index (χ0) is 23.5. The molecule has 0 radical (unpaired) electrons. The van der Waals surface area contributed by atoms with E-state index in [0.717, 1.165) is 10.0 Å². The van der Waals surface area contributed by atoms with Crippen molar-refractivity contribution in [1.82, 2.24) is 0 Å². The van der Waals surface area contributed by atoms with Gasteiger partial charge in [0, 0.05) is 10.2 Å². The number of carboxylic acid groups (broad SMARTS) is 1. The Kier molecular flexibility index (Phi) is 6.24. The van der Waals surface area contributed by atoms with Crippen LogP contribution in [0.25, 0.3) is 6.08 Å². The first kappa shape index (κ1) is 22.2. The Labute approximate surface area is 198 Å². The molecule has 1 aliphatic heterocycles. The molecule has 0 saturated carbocycles. The van der Waals surface area contributed by atoms with Crippen LogP contribution in [0.5, 0.6) is 0 Å². The number of carbonyl (C=O) groups excluding carboxylic acids is 2. The standard InChI is InChI=1S/C26H18BrNO5/c27-19-12-10-17(11-13-19)23-22(21(29)14-9-16-5-2-1-3-6-16)24(30)25(31)28(23)20-8-4-7-18(15-20)26(32)33/h1-15,23,30H,(H,32,33)/b14-9+/t23-/m0/s1. The van der Waals surface area contributed by atoms with Crippen LogP contribution in [0.15, 0.2) is 101 Å². The molecule has 3 aromatic rings. The zero-order valence-electron chi connectivity index (χ0n) is 17.2. The van der Waals surface area contributed by atoms with Gasteiger partial charge in [0.25, 0.3) is 5.91 Å². The molecule has 0 aliphatic carbocycles. The van der Waals surface area contributed by atoms with Gasteiger partial charge in [-0.3, -0.25) is 14.5 Å². The Morgan fingerprint density at radius 1 is 0.939 bits per heavy atom. The quantitative estimate of drug-likeness (QED) is 0.443. The van der Waals surface area contributed by atoms with Gasteiger partial charge in [-0.25, -0.2) is 4.79 Å². The molecule has 33 heavy (non-hydrogen) atoms. The van der Waals surface area contributed by atoms with Gasteiger partial charge in [0.15, 0.2) is 11.5 Å². The number of rotatable bonds is 6. The van der Waals surface area contributed by atoms with Crippen molar-refractivity contribution in [3.05, 3.63) is 117 Å². The van der Waals surface area contributed by atoms with Gasteiger partial charge in [-0.2, -0.15) is 0 Å². The number of hydrogen-bond donors (Lipinski definition) is 2. The lowest BCUT2D eigenvalue weighted by Gasteiger charge is -2.27. The second kappa shape index (κ2) is 9.26. The van der Waals surface area contributed by atoms with Crippen molar-refractivity contribution in [1.29, 1.82) is 0 Å². The van der Waals surface area contributed by atoms with Crippen LogP contribution in [-0.2, 0) is 9.59 Å². The molecular weight excluding hydrogens is 486 g/mol. The van der Waals surface area contributed by atoms with Crippen molar-refractivity contribution in [3.63, 3.8) is 0 Å². The van der Waals surface area contributed by atoms with Gasteiger partial charge in [0.2, 0.25) is 0 Å². The normalized spacial score (nSPS) is 16.0. The van der Waals surface area contributed by atoms with Crippen LogP contribution in [0.2, 0.25) is 0 Å². The number of aliphatic hydroxyl groups excluding tert-OH is 1. The summed E-state index contributed by atoms with van der Waals surface area (Å²) in [5.41, 5.74) is 1.55. The van der Waals surface area contributed by atoms with E-state index in [1.165, 1.54) is 29.2 Å². The lowest BCUT2D eigenvalue weighted by atomic mass is 9.95. The highest BCUT2D eigenvalue weighted by Crippen LogP contribution is 2.41. The Bertz CT molecular complexity index is 1300. The molecule has 7 heteroatoms. The van der Waals surface area contributed by atoms with Crippen LogP contribution in [0, 0.1) is 0 Å². The summed E-state index contributed by atoms with van der Waals surface area (Å²) in [5.74, 6) is -3.11. The maximum atomic E-state index is 13.2. The molecule has 1 amide bonds. The lowest BCUT2D eigenvalue weighted by Crippen LogP contribution is -2.31. The first-order valence-electron chi connectivity index (χ1n) is 10.00. The number of amides is 1. The van der Waals surface area contributed by atoms with E-state index in [9.17, 15) is 24.6 Å². The van der Waals surface area contributed by atoms with Gasteiger partial charge in [-0.15, -0.1) is 0 Å². The first-order valence-corrected chi connectivity index (χ1v) is 10.8. The third-order valence-electron chi connectivity index (χ3n) is 5.26. The van der Waals surface area contributed by atoms with Gasteiger partial charge in [-0.1, -0.05) is 70.5 Å². The van der Waals surface area contributed by atoms with Crippen molar-refractivity contribution in [2.45, 2.75) is 6.04 Å². The minimum atomic E-state index is -1.15. The van der Waals surface area contributed by atoms with E-state index in [4.69, 9.17) is 0 Å². The Hall–Kier alpha value is -3.97. The minimum Gasteiger partial charge on any atom is -0.503 e. The van der Waals surface area contributed by atoms with Crippen molar-refractivity contribution in [2.24, 2.45) is 0 Å². The molecule has 164 valence electrons. The molecule has 1 atom stereocenters. The molecule has 1 heterocycles. The average Bonchev–Trinajstić information content (AvgIpc) is 3.09. The molecule has 0 fully saturated rings. The molecule has 4 rings (SSSR count). The third-order valence-corrected chi connectivity index (χ3v) is 5.79. The number of nitrogens with zero attached hydrogens (tertiary/aromatic N) is 1. The second-order valence-corrected chi connectivity index (χ2v) is 8.27. The molecule has 6 nitrogen and oxygen atoms in total. The van der Waals surface area contributed by atoms with Crippen molar-refractivity contribution in [3.8, 4) is 0 Å². The number of allylic oxidation sites excluding steroid dienone is 1. The van der Waals surface area contributed by atoms with E-state index in [2.05, 4.69) is 15.9 Å². The summed E-state index contributed by atoms with van der Waals surface area (Å²) in [5, 5.41) is 20.1. The first-order chi connectivity index (χ1) is 15.9. The van der Waals surface area contributed by atoms with E-state index >= 15 is 0 Å². The SMILES string of the molecule is O=C(/C=C/c1ccccc1)C1=C(O)C(=O)N(c2cccc(C(=O)O)c2)[C@H]1c1ccc(Br)cc1. The summed E-state index contributed by atoms with van der Waals surface area (Å²) in [6.45, 7) is 0. The number of halogens is 1. The molecule has 3 aromatic carbocycles. The summed E-state index contributed by atoms with van der Waals surface area (Å²) in [7, 11) is 0. The van der Waals surface area contributed by atoms with Crippen molar-refractivity contribution >= 4 is 45.4 Å². The number of benzene rings is 3. The Balaban J connectivity index is 1.81. The van der Waals surface area contributed by atoms with E-state index in [-0.39, 0.29) is 16.8 Å². The van der Waals surface area contributed by atoms with Crippen LogP contribution < -0.4 is 4.90 Å². The molecule has 0 aromatic heterocycles. The van der Waals surface area contributed by atoms with Crippen LogP contribution in [-0.4, -0.2) is 27.9 Å². The number of ketones is 1. The molecule has 0 spiro atoms. The number of aliphatic hydroxyl groups is 1. The molecule has 0 unspecified atom stereocenters. The smallest absolute Gasteiger partial charge is 0.335 e. The van der Waals surface area contributed by atoms with E-state index in [1.807, 2.05) is 30.3 Å². The number of anilines is 1. The van der Waals surface area contributed by atoms with Crippen molar-refractivity contribution < 1.29 is 24.6 Å². The number of carbonyl (C=O) groups is 3. The maximum Gasteiger partial charge on any atom is 0.335 e. The summed E-state index contributed by atoms with van der Waals surface area (Å²) in [6, 6.07) is 21.1. The van der Waals surface area contributed by atoms with Gasteiger partial charge in [0.1, 0.15) is 0 Å². The van der Waals surface area contributed by atoms with E-state index in [0.29, 0.717) is 5.56 Å². The van der Waals surface area contributed by atoms with E-state index < -0.39 is 29.5 Å². The average molecular weight is 504 g/mol. The van der Waals surface area contributed by atoms with E-state index in [1.54, 1.807) is 36.4 Å². The van der Waals surface area contributed by atoms with Gasteiger partial charge >= 0.3 is 5.97 Å². The van der Waals surface area contributed by atoms with Crippen LogP contribution in [0.4, 0.5) is 5.69 Å². The van der Waals surface area contributed by atoms with Gasteiger partial charge in [-0.05, 0) is 47.5 Å². The largest absolute Gasteiger partial charge is 0.503 e. The third kappa shape index (κ3) is 4.49. The van der Waals surface area contributed by atoms with Gasteiger partial charge < -0.3 is 10.2 Å². The number of hydrogen-bond acceptors (Lipinski definition) is 4. The Morgan fingerprint density at radius 2 is 1.64 bits per heavy atom. The Morgan fingerprint density at radius 3 is 2.30 bits per heavy atom. The number of carboxylic acids is 1. The highest BCUT2D eigenvalue weighted by atomic mass is 79.9. The van der Waals surface area contributed by atoms with Crippen LogP contribution in [0.1, 0.15) is 27.5 Å². The number of aromatic carboxylic acids is 1. The molecule has 0 bridgehead atoms. The van der Waals surface area contributed by atoms with Gasteiger partial charge in [0.05, 0.1) is 17.2 Å². The minimum absolute atomic E-state index is 0.0157. The summed E-state index contributed by atoms with van der Waals surface area (Å²) in [6.07, 6.45) is 2.93. The summed E-state index contributed by atoms with van der Waals surface area (Å²) < 4.78 is 0.806. The van der Waals surface area contributed by atoms with Crippen LogP contribution >= 0.6 is 15.9 Å². The zero-order valence-corrected chi connectivity index (χ0v) is 18.8. The fraction of sp³-hybridized carbons (Fsp3) is 0.0385. The van der Waals surface area contributed by atoms with Crippen LogP contribution in [0.3, 0.4) is 0 Å². The molecule has 0 saturated heterocycles.